The van der Waals surface area contributed by atoms with Gasteiger partial charge in [-0.05, 0) is 30.2 Å². The Bertz CT molecular complexity index is 451. The molecule has 0 N–H and O–H groups in total. The summed E-state index contributed by atoms with van der Waals surface area (Å²) < 4.78 is 30.7. The van der Waals surface area contributed by atoms with Crippen molar-refractivity contribution in [3.63, 3.8) is 0 Å². The number of methoxy groups -OCH3 is 1. The van der Waals surface area contributed by atoms with Gasteiger partial charge < -0.3 is 4.74 Å². The number of rotatable bonds is 5. The van der Waals surface area contributed by atoms with Crippen LogP contribution in [0.15, 0.2) is 29.2 Å². The Morgan fingerprint density at radius 2 is 1.76 bits per heavy atom. The predicted molar refractivity (Wildman–Crippen MR) is 67.6 cm³/mol. The molecule has 0 aliphatic rings. The van der Waals surface area contributed by atoms with Crippen LogP contribution < -0.4 is 4.74 Å². The molecule has 0 aliphatic carbocycles. The highest BCUT2D eigenvalue weighted by Gasteiger charge is 2.21. The lowest BCUT2D eigenvalue weighted by Gasteiger charge is -2.19. The summed E-state index contributed by atoms with van der Waals surface area (Å²) in [6.45, 7) is 4.48. The van der Waals surface area contributed by atoms with Crippen molar-refractivity contribution in [2.45, 2.75) is 18.7 Å². The minimum Gasteiger partial charge on any atom is -0.497 e. The highest BCUT2D eigenvalue weighted by atomic mass is 32.2. The predicted octanol–water partition coefficient (Wildman–Crippen LogP) is 1.97. The van der Waals surface area contributed by atoms with Crippen LogP contribution in [0, 0.1) is 5.92 Å². The molecule has 0 unspecified atom stereocenters. The zero-order valence-electron chi connectivity index (χ0n) is 10.7. The van der Waals surface area contributed by atoms with Crippen molar-refractivity contribution < 1.29 is 13.2 Å². The van der Waals surface area contributed by atoms with Gasteiger partial charge in [-0.15, -0.1) is 0 Å². The summed E-state index contributed by atoms with van der Waals surface area (Å²) in [7, 11) is -0.234. The molecule has 0 heterocycles. The van der Waals surface area contributed by atoms with E-state index in [-0.39, 0.29) is 0 Å². The molecule has 0 fully saturated rings. The molecule has 4 nitrogen and oxygen atoms in total. The van der Waals surface area contributed by atoms with Crippen LogP contribution in [0.25, 0.3) is 0 Å². The summed E-state index contributed by atoms with van der Waals surface area (Å²) in [6.07, 6.45) is 0. The minimum absolute atomic E-state index is 0.293. The Morgan fingerprint density at radius 3 is 2.18 bits per heavy atom. The van der Waals surface area contributed by atoms with Gasteiger partial charge in [0.2, 0.25) is 10.0 Å². The van der Waals surface area contributed by atoms with E-state index in [0.29, 0.717) is 23.1 Å². The molecule has 1 rings (SSSR count). The van der Waals surface area contributed by atoms with Crippen LogP contribution >= 0.6 is 0 Å². The van der Waals surface area contributed by atoms with Crippen LogP contribution in [-0.4, -0.2) is 33.4 Å². The lowest BCUT2D eigenvalue weighted by molar-refractivity contribution is 0.412. The maximum Gasteiger partial charge on any atom is 0.242 e. The number of ether oxygens (including phenoxy) is 1. The lowest BCUT2D eigenvalue weighted by Crippen LogP contribution is -2.30. The summed E-state index contributed by atoms with van der Waals surface area (Å²) in [5.41, 5.74) is 0. The Hall–Kier alpha value is -1.07. The normalized spacial score (nSPS) is 12.1. The zero-order valence-corrected chi connectivity index (χ0v) is 11.5. The molecule has 5 heteroatoms. The van der Waals surface area contributed by atoms with Crippen molar-refractivity contribution in [1.82, 2.24) is 4.31 Å². The largest absolute Gasteiger partial charge is 0.497 e. The van der Waals surface area contributed by atoms with E-state index in [1.54, 1.807) is 38.4 Å². The van der Waals surface area contributed by atoms with E-state index in [9.17, 15) is 8.42 Å². The highest BCUT2D eigenvalue weighted by Crippen LogP contribution is 2.19. The van der Waals surface area contributed by atoms with Crippen LogP contribution in [-0.2, 0) is 10.0 Å². The van der Waals surface area contributed by atoms with Gasteiger partial charge in [-0.25, -0.2) is 12.7 Å². The second-order valence-electron chi connectivity index (χ2n) is 4.35. The first-order valence-electron chi connectivity index (χ1n) is 5.48. The van der Waals surface area contributed by atoms with Crippen LogP contribution in [0.2, 0.25) is 0 Å². The second kappa shape index (κ2) is 5.51. The maximum atomic E-state index is 12.2. The van der Waals surface area contributed by atoms with Gasteiger partial charge in [-0.3, -0.25) is 0 Å². The molecule has 0 atom stereocenters. The fourth-order valence-corrected chi connectivity index (χ4v) is 2.87. The van der Waals surface area contributed by atoms with E-state index in [1.165, 1.54) is 4.31 Å². The molecule has 0 aliphatic heterocycles. The van der Waals surface area contributed by atoms with E-state index in [2.05, 4.69) is 0 Å². The first-order chi connectivity index (χ1) is 7.87. The number of hydrogen-bond donors (Lipinski definition) is 0. The molecule has 1 aromatic rings. The van der Waals surface area contributed by atoms with Crippen LogP contribution in [0.1, 0.15) is 13.8 Å². The van der Waals surface area contributed by atoms with Crippen LogP contribution in [0.5, 0.6) is 5.75 Å². The summed E-state index contributed by atoms with van der Waals surface area (Å²) in [4.78, 5) is 0.293. The van der Waals surface area contributed by atoms with Crippen LogP contribution in [0.4, 0.5) is 0 Å². The average molecular weight is 257 g/mol. The van der Waals surface area contributed by atoms with Gasteiger partial charge in [0.05, 0.1) is 12.0 Å². The molecule has 0 amide bonds. The van der Waals surface area contributed by atoms with Gasteiger partial charge in [0.15, 0.2) is 0 Å². The summed E-state index contributed by atoms with van der Waals surface area (Å²) >= 11 is 0. The Morgan fingerprint density at radius 1 is 1.24 bits per heavy atom. The van der Waals surface area contributed by atoms with Crippen molar-refractivity contribution in [2.75, 3.05) is 20.7 Å². The molecule has 0 radical (unpaired) electrons. The molecular weight excluding hydrogens is 238 g/mol. The first kappa shape index (κ1) is 14.0. The Balaban J connectivity index is 2.96. The fraction of sp³-hybridized carbons (Fsp3) is 0.500. The Kier molecular flexibility index (Phi) is 4.54. The lowest BCUT2D eigenvalue weighted by atomic mass is 10.2. The third kappa shape index (κ3) is 3.44. The molecule has 1 aromatic carbocycles. The van der Waals surface area contributed by atoms with Crippen molar-refractivity contribution in [3.05, 3.63) is 24.3 Å². The molecule has 0 aromatic heterocycles. The minimum atomic E-state index is -3.38. The number of benzene rings is 1. The van der Waals surface area contributed by atoms with E-state index >= 15 is 0 Å². The van der Waals surface area contributed by atoms with Gasteiger partial charge in [-0.1, -0.05) is 13.8 Å². The van der Waals surface area contributed by atoms with Gasteiger partial charge >= 0.3 is 0 Å². The standard InChI is InChI=1S/C12H19NO3S/c1-10(2)9-13(3)17(14,15)12-7-5-11(16-4)6-8-12/h5-8,10H,9H2,1-4H3. The van der Waals surface area contributed by atoms with Crippen LogP contribution in [0.3, 0.4) is 0 Å². The van der Waals surface area contributed by atoms with Gasteiger partial charge in [0.25, 0.3) is 0 Å². The molecule has 17 heavy (non-hydrogen) atoms. The Labute approximate surface area is 103 Å². The quantitative estimate of drug-likeness (QED) is 0.810. The van der Waals surface area contributed by atoms with E-state index in [4.69, 9.17) is 4.74 Å². The zero-order chi connectivity index (χ0) is 13.1. The fourth-order valence-electron chi connectivity index (χ4n) is 1.54. The van der Waals surface area contributed by atoms with Crippen molar-refractivity contribution in [2.24, 2.45) is 5.92 Å². The third-order valence-corrected chi connectivity index (χ3v) is 4.23. The van der Waals surface area contributed by atoms with Crippen molar-refractivity contribution in [1.29, 1.82) is 0 Å². The average Bonchev–Trinajstić information content (AvgIpc) is 2.28. The first-order valence-corrected chi connectivity index (χ1v) is 6.92. The number of hydrogen-bond acceptors (Lipinski definition) is 3. The summed E-state index contributed by atoms with van der Waals surface area (Å²) in [5.74, 6) is 0.948. The molecule has 0 saturated heterocycles. The van der Waals surface area contributed by atoms with Gasteiger partial charge in [0, 0.05) is 13.6 Å². The summed E-state index contributed by atoms with van der Waals surface area (Å²) in [6, 6.07) is 6.42. The van der Waals surface area contributed by atoms with Crippen molar-refractivity contribution >= 4 is 10.0 Å². The number of nitrogens with zero attached hydrogens (tertiary/aromatic N) is 1. The van der Waals surface area contributed by atoms with Gasteiger partial charge in [0.1, 0.15) is 5.75 Å². The second-order valence-corrected chi connectivity index (χ2v) is 6.40. The molecule has 96 valence electrons. The van der Waals surface area contributed by atoms with Crippen molar-refractivity contribution in [3.8, 4) is 5.75 Å². The summed E-state index contributed by atoms with van der Waals surface area (Å²) in [5, 5.41) is 0. The molecular formula is C12H19NO3S. The number of sulfonamides is 1. The highest BCUT2D eigenvalue weighted by molar-refractivity contribution is 7.89. The van der Waals surface area contributed by atoms with E-state index in [1.807, 2.05) is 13.8 Å². The molecule has 0 bridgehead atoms. The smallest absolute Gasteiger partial charge is 0.242 e. The topological polar surface area (TPSA) is 46.6 Å². The SMILES string of the molecule is COc1ccc(S(=O)(=O)N(C)CC(C)C)cc1. The molecule has 0 spiro atoms. The monoisotopic (exact) mass is 257 g/mol. The van der Waals surface area contributed by atoms with E-state index < -0.39 is 10.0 Å². The van der Waals surface area contributed by atoms with E-state index in [0.717, 1.165) is 0 Å². The maximum absolute atomic E-state index is 12.2. The third-order valence-electron chi connectivity index (χ3n) is 2.39. The molecule has 0 saturated carbocycles. The van der Waals surface area contributed by atoms with Gasteiger partial charge in [-0.2, -0.15) is 0 Å².